The van der Waals surface area contributed by atoms with Crippen molar-refractivity contribution in [2.75, 3.05) is 0 Å². The highest BCUT2D eigenvalue weighted by Crippen LogP contribution is 2.52. The normalized spacial score (nSPS) is 26.4. The molecular formula is C24H20Cl2N2O3. The molecule has 7 heteroatoms. The second-order valence-corrected chi connectivity index (χ2v) is 9.14. The van der Waals surface area contributed by atoms with E-state index in [0.717, 1.165) is 17.0 Å². The molecule has 5 rings (SSSR count). The molecule has 0 radical (unpaired) electrons. The Morgan fingerprint density at radius 1 is 1.03 bits per heavy atom. The number of halogens is 2. The zero-order valence-electron chi connectivity index (χ0n) is 16.8. The number of hydrazone groups is 1. The summed E-state index contributed by atoms with van der Waals surface area (Å²) in [5.41, 5.74) is 2.76. The molecule has 3 aliphatic rings. The van der Waals surface area contributed by atoms with E-state index < -0.39 is 0 Å². The highest BCUT2D eigenvalue weighted by molar-refractivity contribution is 6.37. The fraction of sp³-hybridized carbons (Fsp3) is 0.292. The smallest absolute Gasteiger partial charge is 0.254 e. The summed E-state index contributed by atoms with van der Waals surface area (Å²) >= 11 is 12.8. The number of hydrogen-bond donors (Lipinski definition) is 0. The van der Waals surface area contributed by atoms with Crippen LogP contribution in [-0.2, 0) is 16.2 Å². The van der Waals surface area contributed by atoms with Crippen LogP contribution < -0.4 is 4.74 Å². The van der Waals surface area contributed by atoms with E-state index in [1.807, 2.05) is 31.2 Å². The van der Waals surface area contributed by atoms with Crippen LogP contribution in [0.25, 0.3) is 0 Å². The van der Waals surface area contributed by atoms with Gasteiger partial charge in [0.05, 0.1) is 28.1 Å². The summed E-state index contributed by atoms with van der Waals surface area (Å²) in [6.07, 6.45) is 6.44. The maximum Gasteiger partial charge on any atom is 0.254 e. The summed E-state index contributed by atoms with van der Waals surface area (Å²) in [5, 5.41) is 5.84. The first-order valence-corrected chi connectivity index (χ1v) is 11.0. The summed E-state index contributed by atoms with van der Waals surface area (Å²) in [6, 6.07) is 11.3. The zero-order valence-corrected chi connectivity index (χ0v) is 18.3. The number of fused-ring (bicyclic) bond motifs is 5. The van der Waals surface area contributed by atoms with Gasteiger partial charge in [-0.15, -0.1) is 0 Å². The minimum atomic E-state index is -0.274. The number of amides is 2. The summed E-state index contributed by atoms with van der Waals surface area (Å²) < 4.78 is 5.81. The van der Waals surface area contributed by atoms with Gasteiger partial charge in [-0.3, -0.25) is 9.59 Å². The minimum Gasteiger partial charge on any atom is -0.486 e. The molecule has 0 N–H and O–H groups in total. The SMILES string of the molecule is Cc1ccc(COc2c(Cl)cc(C=NN3C(=O)C4C5C=CC(C5)C4C3=O)cc2Cl)cc1. The van der Waals surface area contributed by atoms with E-state index in [1.165, 1.54) is 11.8 Å². The molecule has 0 spiro atoms. The van der Waals surface area contributed by atoms with E-state index >= 15 is 0 Å². The van der Waals surface area contributed by atoms with E-state index in [4.69, 9.17) is 27.9 Å². The standard InChI is InChI=1S/C24H20Cl2N2O3/c1-13-2-4-14(5-3-13)12-31-22-18(25)8-15(9-19(22)26)11-27-28-23(29)20-16-6-7-17(10-16)21(20)24(28)30/h2-9,11,16-17,20-21H,10,12H2,1H3. The van der Waals surface area contributed by atoms with Gasteiger partial charge in [-0.1, -0.05) is 65.2 Å². The van der Waals surface area contributed by atoms with Crippen molar-refractivity contribution in [2.45, 2.75) is 20.0 Å². The van der Waals surface area contributed by atoms with Crippen LogP contribution in [0.2, 0.25) is 10.0 Å². The Kier molecular flexibility index (Phi) is 5.11. The van der Waals surface area contributed by atoms with Gasteiger partial charge < -0.3 is 4.74 Å². The molecule has 158 valence electrons. The molecule has 2 amide bonds. The predicted molar refractivity (Wildman–Crippen MR) is 119 cm³/mol. The van der Waals surface area contributed by atoms with Crippen molar-refractivity contribution < 1.29 is 14.3 Å². The summed E-state index contributed by atoms with van der Waals surface area (Å²) in [4.78, 5) is 25.4. The van der Waals surface area contributed by atoms with Gasteiger partial charge in [-0.25, -0.2) is 0 Å². The lowest BCUT2D eigenvalue weighted by Crippen LogP contribution is -2.28. The van der Waals surface area contributed by atoms with Crippen molar-refractivity contribution in [1.82, 2.24) is 5.01 Å². The first-order valence-electron chi connectivity index (χ1n) is 10.2. The highest BCUT2D eigenvalue weighted by Gasteiger charge is 2.59. The molecule has 1 aliphatic heterocycles. The third-order valence-electron chi connectivity index (χ3n) is 6.29. The lowest BCUT2D eigenvalue weighted by Gasteiger charge is -2.13. The second-order valence-electron chi connectivity index (χ2n) is 8.32. The van der Waals surface area contributed by atoms with Crippen LogP contribution in [0.4, 0.5) is 0 Å². The summed E-state index contributed by atoms with van der Waals surface area (Å²) in [6.45, 7) is 2.36. The number of hydrogen-bond acceptors (Lipinski definition) is 4. The number of carbonyl (C=O) groups is 2. The maximum absolute atomic E-state index is 12.7. The number of ether oxygens (including phenoxy) is 1. The lowest BCUT2D eigenvalue weighted by molar-refractivity contribution is -0.140. The fourth-order valence-electron chi connectivity index (χ4n) is 4.76. The van der Waals surface area contributed by atoms with Crippen LogP contribution in [0.15, 0.2) is 53.7 Å². The van der Waals surface area contributed by atoms with Crippen LogP contribution in [-0.4, -0.2) is 23.0 Å². The highest BCUT2D eigenvalue weighted by atomic mass is 35.5. The zero-order chi connectivity index (χ0) is 21.7. The minimum absolute atomic E-state index is 0.153. The van der Waals surface area contributed by atoms with Gasteiger partial charge >= 0.3 is 0 Å². The van der Waals surface area contributed by atoms with Crippen molar-refractivity contribution in [3.8, 4) is 5.75 Å². The second kappa shape index (κ2) is 7.81. The van der Waals surface area contributed by atoms with Crippen molar-refractivity contribution >= 4 is 41.2 Å². The summed E-state index contributed by atoms with van der Waals surface area (Å²) in [5.74, 6) is -0.307. The number of allylic oxidation sites excluding steroid dienone is 2. The van der Waals surface area contributed by atoms with Crippen molar-refractivity contribution in [3.63, 3.8) is 0 Å². The van der Waals surface area contributed by atoms with Gasteiger partial charge in [0.25, 0.3) is 11.8 Å². The lowest BCUT2D eigenvalue weighted by atomic mass is 9.85. The van der Waals surface area contributed by atoms with E-state index in [1.54, 1.807) is 12.1 Å². The Bertz CT molecular complexity index is 1070. The van der Waals surface area contributed by atoms with Gasteiger partial charge in [-0.2, -0.15) is 10.1 Å². The van der Waals surface area contributed by atoms with Crippen molar-refractivity contribution in [3.05, 3.63) is 75.3 Å². The molecule has 5 nitrogen and oxygen atoms in total. The molecule has 0 aromatic heterocycles. The number of aryl methyl sites for hydroxylation is 1. The van der Waals surface area contributed by atoms with E-state index in [2.05, 4.69) is 17.3 Å². The monoisotopic (exact) mass is 454 g/mol. The Morgan fingerprint density at radius 2 is 1.61 bits per heavy atom. The number of carbonyl (C=O) groups excluding carboxylic acids is 2. The fourth-order valence-corrected chi connectivity index (χ4v) is 5.37. The molecule has 2 bridgehead atoms. The Labute approximate surface area is 190 Å². The number of rotatable bonds is 5. The predicted octanol–water partition coefficient (Wildman–Crippen LogP) is 5.02. The molecule has 1 heterocycles. The first kappa shape index (κ1) is 20.3. The molecule has 31 heavy (non-hydrogen) atoms. The van der Waals surface area contributed by atoms with Crippen LogP contribution >= 0.6 is 23.2 Å². The first-order chi connectivity index (χ1) is 14.9. The van der Waals surface area contributed by atoms with Crippen LogP contribution in [0.5, 0.6) is 5.75 Å². The van der Waals surface area contributed by atoms with Gasteiger partial charge in [0.2, 0.25) is 0 Å². The van der Waals surface area contributed by atoms with Crippen LogP contribution in [0.3, 0.4) is 0 Å². The third-order valence-corrected chi connectivity index (χ3v) is 6.86. The molecule has 1 saturated heterocycles. The maximum atomic E-state index is 12.7. The molecular weight excluding hydrogens is 435 g/mol. The number of benzene rings is 2. The Balaban J connectivity index is 1.30. The largest absolute Gasteiger partial charge is 0.486 e. The van der Waals surface area contributed by atoms with Gasteiger partial charge in [0.1, 0.15) is 6.61 Å². The topological polar surface area (TPSA) is 59.0 Å². The molecule has 4 atom stereocenters. The van der Waals surface area contributed by atoms with Gasteiger partial charge in [0.15, 0.2) is 5.75 Å². The van der Waals surface area contributed by atoms with Gasteiger partial charge in [0, 0.05) is 0 Å². The van der Waals surface area contributed by atoms with E-state index in [0.29, 0.717) is 28.0 Å². The number of nitrogens with zero attached hydrogens (tertiary/aromatic N) is 2. The van der Waals surface area contributed by atoms with E-state index in [9.17, 15) is 9.59 Å². The molecule has 2 aliphatic carbocycles. The molecule has 2 aromatic rings. The molecule has 4 unspecified atom stereocenters. The molecule has 2 fully saturated rings. The van der Waals surface area contributed by atoms with Crippen LogP contribution in [0, 0.1) is 30.6 Å². The Morgan fingerprint density at radius 3 is 2.19 bits per heavy atom. The van der Waals surface area contributed by atoms with Crippen molar-refractivity contribution in [1.29, 1.82) is 0 Å². The van der Waals surface area contributed by atoms with Crippen molar-refractivity contribution in [2.24, 2.45) is 28.8 Å². The average Bonchev–Trinajstić information content (AvgIpc) is 3.42. The third kappa shape index (κ3) is 3.56. The summed E-state index contributed by atoms with van der Waals surface area (Å²) in [7, 11) is 0. The van der Waals surface area contributed by atoms with Crippen LogP contribution in [0.1, 0.15) is 23.1 Å². The number of imide groups is 1. The average molecular weight is 455 g/mol. The van der Waals surface area contributed by atoms with Gasteiger partial charge in [-0.05, 0) is 48.4 Å². The molecule has 2 aromatic carbocycles. The Hall–Kier alpha value is -2.63. The van der Waals surface area contributed by atoms with E-state index in [-0.39, 0.29) is 35.5 Å². The molecule has 1 saturated carbocycles. The quantitative estimate of drug-likeness (QED) is 0.361.